The van der Waals surface area contributed by atoms with Crippen molar-refractivity contribution in [1.29, 1.82) is 0 Å². The van der Waals surface area contributed by atoms with Gasteiger partial charge in [-0.1, -0.05) is 35.5 Å². The fourth-order valence-corrected chi connectivity index (χ4v) is 4.34. The summed E-state index contributed by atoms with van der Waals surface area (Å²) in [6.07, 6.45) is 0. The number of halogens is 2. The monoisotopic (exact) mass is 442 g/mol. The largest absolute Gasteiger partial charge is 0.433 e. The number of hydrogen-bond donors (Lipinski definition) is 1. The van der Waals surface area contributed by atoms with E-state index in [2.05, 4.69) is 39.3 Å². The van der Waals surface area contributed by atoms with E-state index in [0.29, 0.717) is 10.8 Å². The van der Waals surface area contributed by atoms with Crippen LogP contribution in [0, 0.1) is 20.8 Å². The van der Waals surface area contributed by atoms with Crippen LogP contribution in [-0.4, -0.2) is 32.9 Å². The van der Waals surface area contributed by atoms with Crippen LogP contribution < -0.4 is 10.1 Å². The maximum atomic E-state index is 12.6. The number of amides is 1. The first-order chi connectivity index (χ1) is 14.8. The fourth-order valence-electron chi connectivity index (χ4n) is 3.59. The first-order valence-electron chi connectivity index (χ1n) is 9.55. The van der Waals surface area contributed by atoms with Gasteiger partial charge in [0.2, 0.25) is 5.91 Å². The van der Waals surface area contributed by atoms with Crippen LogP contribution in [0.25, 0.3) is 16.6 Å². The molecule has 0 aliphatic carbocycles. The number of nitrogens with one attached hydrogen (secondary N) is 1. The van der Waals surface area contributed by atoms with Crippen LogP contribution in [0.2, 0.25) is 0 Å². The second-order valence-electron chi connectivity index (χ2n) is 7.19. The summed E-state index contributed by atoms with van der Waals surface area (Å²) >= 11 is 1.23. The molecule has 31 heavy (non-hydrogen) atoms. The van der Waals surface area contributed by atoms with Crippen molar-refractivity contribution in [3.8, 4) is 5.75 Å². The van der Waals surface area contributed by atoms with E-state index in [4.69, 9.17) is 0 Å². The maximum Gasteiger partial charge on any atom is 0.387 e. The van der Waals surface area contributed by atoms with E-state index in [-0.39, 0.29) is 23.1 Å². The van der Waals surface area contributed by atoms with Gasteiger partial charge in [-0.05, 0) is 56.2 Å². The third-order valence-corrected chi connectivity index (χ3v) is 5.74. The van der Waals surface area contributed by atoms with Crippen molar-refractivity contribution >= 4 is 39.9 Å². The van der Waals surface area contributed by atoms with Gasteiger partial charge in [0.25, 0.3) is 0 Å². The highest BCUT2D eigenvalue weighted by molar-refractivity contribution is 7.99. The van der Waals surface area contributed by atoms with E-state index < -0.39 is 6.61 Å². The number of ether oxygens (including phenoxy) is 1. The van der Waals surface area contributed by atoms with Gasteiger partial charge in [-0.2, -0.15) is 8.78 Å². The van der Waals surface area contributed by atoms with Crippen molar-refractivity contribution in [3.05, 3.63) is 59.2 Å². The Hall–Kier alpha value is -3.20. The number of thioether (sulfide) groups is 1. The van der Waals surface area contributed by atoms with E-state index >= 15 is 0 Å². The molecule has 0 unspecified atom stereocenters. The Kier molecular flexibility index (Phi) is 5.77. The Morgan fingerprint density at radius 1 is 1.13 bits per heavy atom. The normalized spacial score (nSPS) is 11.4. The number of aryl methyl sites for hydroxylation is 3. The van der Waals surface area contributed by atoms with Gasteiger partial charge in [0.15, 0.2) is 10.8 Å². The molecule has 4 rings (SSSR count). The highest BCUT2D eigenvalue weighted by atomic mass is 32.2. The summed E-state index contributed by atoms with van der Waals surface area (Å²) in [7, 11) is 0. The highest BCUT2D eigenvalue weighted by Gasteiger charge is 2.16. The minimum absolute atomic E-state index is 0.0318. The van der Waals surface area contributed by atoms with Gasteiger partial charge in [0, 0.05) is 5.39 Å². The van der Waals surface area contributed by atoms with Gasteiger partial charge in [0.1, 0.15) is 5.75 Å². The lowest BCUT2D eigenvalue weighted by atomic mass is 10.0. The maximum absolute atomic E-state index is 12.6. The number of carbonyl (C=O) groups excluding carboxylic acids is 1. The van der Waals surface area contributed by atoms with Gasteiger partial charge in [-0.3, -0.25) is 9.20 Å². The third kappa shape index (κ3) is 4.32. The molecule has 6 nitrogen and oxygen atoms in total. The summed E-state index contributed by atoms with van der Waals surface area (Å²) in [6, 6.07) is 12.3. The molecule has 0 spiro atoms. The third-order valence-electron chi connectivity index (χ3n) is 4.81. The molecule has 0 radical (unpaired) electrons. The number of alkyl halides is 2. The Morgan fingerprint density at radius 2 is 1.90 bits per heavy atom. The zero-order valence-corrected chi connectivity index (χ0v) is 18.0. The Balaban J connectivity index is 1.59. The van der Waals surface area contributed by atoms with Crippen molar-refractivity contribution in [2.45, 2.75) is 32.5 Å². The minimum Gasteiger partial charge on any atom is -0.433 e. The number of fused-ring (bicyclic) bond motifs is 3. The van der Waals surface area contributed by atoms with E-state index in [0.717, 1.165) is 22.0 Å². The lowest BCUT2D eigenvalue weighted by molar-refractivity contribution is -0.113. The molecule has 0 saturated carbocycles. The number of hydrogen-bond acceptors (Lipinski definition) is 5. The standard InChI is InChI=1S/C22H20F2N4O2S/c1-12-8-14(3)20-15(9-12)13(2)10-18-26-27-22(28(18)20)31-11-19(29)25-16-6-4-5-7-17(16)30-21(23)24/h4-10,21H,11H2,1-3H3,(H,25,29). The number of rotatable bonds is 6. The SMILES string of the molecule is Cc1cc(C)c2c(c1)c(C)cc1nnc(SCC(=O)Nc3ccccc3OC(F)F)n12. The molecule has 9 heteroatoms. The number of aromatic nitrogens is 3. The second kappa shape index (κ2) is 8.50. The predicted molar refractivity (Wildman–Crippen MR) is 117 cm³/mol. The second-order valence-corrected chi connectivity index (χ2v) is 8.14. The molecule has 0 atom stereocenters. The zero-order chi connectivity index (χ0) is 22.1. The van der Waals surface area contributed by atoms with Crippen molar-refractivity contribution in [1.82, 2.24) is 14.6 Å². The summed E-state index contributed by atoms with van der Waals surface area (Å²) in [4.78, 5) is 12.5. The lowest BCUT2D eigenvalue weighted by Crippen LogP contribution is -2.16. The number of para-hydroxylation sites is 2. The van der Waals surface area contributed by atoms with Crippen LogP contribution in [-0.2, 0) is 4.79 Å². The van der Waals surface area contributed by atoms with E-state index in [1.807, 2.05) is 24.3 Å². The number of carbonyl (C=O) groups is 1. The van der Waals surface area contributed by atoms with Crippen LogP contribution in [0.5, 0.6) is 5.75 Å². The lowest BCUT2D eigenvalue weighted by Gasteiger charge is -2.12. The van der Waals surface area contributed by atoms with Crippen LogP contribution in [0.15, 0.2) is 47.6 Å². The van der Waals surface area contributed by atoms with Crippen molar-refractivity contribution in [2.24, 2.45) is 0 Å². The van der Waals surface area contributed by atoms with Crippen molar-refractivity contribution < 1.29 is 18.3 Å². The summed E-state index contributed by atoms with van der Waals surface area (Å²) < 4.78 is 31.6. The van der Waals surface area contributed by atoms with Gasteiger partial charge in [-0.25, -0.2) is 0 Å². The van der Waals surface area contributed by atoms with E-state index in [9.17, 15) is 13.6 Å². The molecule has 2 aromatic heterocycles. The Morgan fingerprint density at radius 3 is 2.68 bits per heavy atom. The average Bonchev–Trinajstić information content (AvgIpc) is 3.10. The fraction of sp³-hybridized carbons (Fsp3) is 0.227. The molecule has 0 saturated heterocycles. The number of benzene rings is 2. The summed E-state index contributed by atoms with van der Waals surface area (Å²) in [5.41, 5.74) is 5.25. The quantitative estimate of drug-likeness (QED) is 0.419. The summed E-state index contributed by atoms with van der Waals surface area (Å²) in [6.45, 7) is 3.15. The minimum atomic E-state index is -2.97. The van der Waals surface area contributed by atoms with Gasteiger partial charge in [0.05, 0.1) is 17.0 Å². The molecule has 0 fully saturated rings. The first kappa shape index (κ1) is 21.0. The molecular formula is C22H20F2N4O2S. The molecule has 4 aromatic rings. The Bertz CT molecular complexity index is 1290. The molecule has 1 amide bonds. The highest BCUT2D eigenvalue weighted by Crippen LogP contribution is 2.30. The molecule has 2 heterocycles. The molecule has 0 aliphatic rings. The van der Waals surface area contributed by atoms with Crippen LogP contribution >= 0.6 is 11.8 Å². The average molecular weight is 442 g/mol. The molecular weight excluding hydrogens is 422 g/mol. The van der Waals surface area contributed by atoms with Crippen molar-refractivity contribution in [3.63, 3.8) is 0 Å². The first-order valence-corrected chi connectivity index (χ1v) is 10.5. The van der Waals surface area contributed by atoms with Crippen LogP contribution in [0.1, 0.15) is 16.7 Å². The van der Waals surface area contributed by atoms with Crippen molar-refractivity contribution in [2.75, 3.05) is 11.1 Å². The molecule has 0 aliphatic heterocycles. The summed E-state index contributed by atoms with van der Waals surface area (Å²) in [5.74, 6) is -0.420. The summed E-state index contributed by atoms with van der Waals surface area (Å²) in [5, 5.41) is 12.8. The smallest absolute Gasteiger partial charge is 0.387 e. The van der Waals surface area contributed by atoms with Gasteiger partial charge in [-0.15, -0.1) is 10.2 Å². The van der Waals surface area contributed by atoms with Crippen LogP contribution in [0.4, 0.5) is 14.5 Å². The van der Waals surface area contributed by atoms with E-state index in [1.54, 1.807) is 12.1 Å². The molecule has 2 aromatic carbocycles. The molecule has 1 N–H and O–H groups in total. The predicted octanol–water partition coefficient (Wildman–Crippen LogP) is 5.14. The number of pyridine rings is 1. The van der Waals surface area contributed by atoms with Crippen LogP contribution in [0.3, 0.4) is 0 Å². The van der Waals surface area contributed by atoms with E-state index in [1.165, 1.54) is 29.5 Å². The molecule has 160 valence electrons. The van der Waals surface area contributed by atoms with Gasteiger partial charge >= 0.3 is 6.61 Å². The molecule has 0 bridgehead atoms. The zero-order valence-electron chi connectivity index (χ0n) is 17.1. The van der Waals surface area contributed by atoms with Gasteiger partial charge < -0.3 is 10.1 Å². The topological polar surface area (TPSA) is 68.5 Å². The number of anilines is 1. The Labute approximate surface area is 181 Å². The number of nitrogens with zero attached hydrogens (tertiary/aromatic N) is 3.